The molecule has 0 aliphatic carbocycles. The lowest BCUT2D eigenvalue weighted by Crippen LogP contribution is -1.80. The highest BCUT2D eigenvalue weighted by Crippen LogP contribution is 2.30. The van der Waals surface area contributed by atoms with E-state index < -0.39 is 0 Å². The monoisotopic (exact) mass is 190 g/mol. The van der Waals surface area contributed by atoms with Crippen LogP contribution in [-0.4, -0.2) is 0 Å². The third kappa shape index (κ3) is 1.57. The molecule has 1 atom stereocenters. The van der Waals surface area contributed by atoms with E-state index in [0.717, 1.165) is 9.77 Å². The van der Waals surface area contributed by atoms with E-state index in [1.807, 2.05) is 11.4 Å². The lowest BCUT2D eigenvalue weighted by atomic mass is 10.2. The number of rotatable bonds is 2. The molecular weight excluding hydrogens is 184 g/mol. The van der Waals surface area contributed by atoms with Gasteiger partial charge in [0, 0.05) is 0 Å². The van der Waals surface area contributed by atoms with Gasteiger partial charge in [-0.1, -0.05) is 6.08 Å². The van der Waals surface area contributed by atoms with E-state index in [1.54, 1.807) is 17.4 Å². The molecule has 0 nitrogen and oxygen atoms in total. The Morgan fingerprint density at radius 1 is 1.80 bits per heavy atom. The smallest absolute Gasteiger partial charge is 0.0782 e. The van der Waals surface area contributed by atoms with Crippen molar-refractivity contribution >= 4 is 35.6 Å². The standard InChI is InChI=1S/C7H7ClS2/c1-2-6(8)5-3-4-10-7(5)9/h2-4,6,9H,1H2. The molecule has 1 rings (SSSR count). The second kappa shape index (κ2) is 3.46. The van der Waals surface area contributed by atoms with Crippen molar-refractivity contribution in [2.75, 3.05) is 0 Å². The summed E-state index contributed by atoms with van der Waals surface area (Å²) in [5.74, 6) is 0. The van der Waals surface area contributed by atoms with E-state index in [4.69, 9.17) is 11.6 Å². The molecule has 3 heteroatoms. The molecule has 0 aromatic carbocycles. The van der Waals surface area contributed by atoms with Gasteiger partial charge in [0.25, 0.3) is 0 Å². The minimum atomic E-state index is -0.0984. The quantitative estimate of drug-likeness (QED) is 0.412. The maximum absolute atomic E-state index is 5.88. The molecule has 0 radical (unpaired) electrons. The van der Waals surface area contributed by atoms with E-state index in [1.165, 1.54) is 0 Å². The van der Waals surface area contributed by atoms with E-state index in [9.17, 15) is 0 Å². The zero-order chi connectivity index (χ0) is 7.56. The summed E-state index contributed by atoms with van der Waals surface area (Å²) in [6.07, 6.45) is 1.70. The van der Waals surface area contributed by atoms with Crippen LogP contribution in [0.5, 0.6) is 0 Å². The average Bonchev–Trinajstić information content (AvgIpc) is 2.34. The Bertz CT molecular complexity index is 229. The van der Waals surface area contributed by atoms with Gasteiger partial charge in [0.15, 0.2) is 0 Å². The maximum atomic E-state index is 5.88. The molecule has 0 saturated heterocycles. The number of halogens is 1. The number of thiol groups is 1. The van der Waals surface area contributed by atoms with Gasteiger partial charge in [0.1, 0.15) is 0 Å². The first-order valence-electron chi connectivity index (χ1n) is 2.78. The van der Waals surface area contributed by atoms with Gasteiger partial charge >= 0.3 is 0 Å². The molecule has 0 bridgehead atoms. The van der Waals surface area contributed by atoms with Crippen molar-refractivity contribution in [1.82, 2.24) is 0 Å². The highest BCUT2D eigenvalue weighted by atomic mass is 35.5. The zero-order valence-corrected chi connectivity index (χ0v) is 7.72. The molecule has 0 amide bonds. The van der Waals surface area contributed by atoms with Crippen LogP contribution < -0.4 is 0 Å². The van der Waals surface area contributed by atoms with Crippen LogP contribution in [0.3, 0.4) is 0 Å². The van der Waals surface area contributed by atoms with Crippen LogP contribution in [0.15, 0.2) is 28.3 Å². The van der Waals surface area contributed by atoms with Crippen LogP contribution in [0.2, 0.25) is 0 Å². The molecule has 54 valence electrons. The normalized spacial score (nSPS) is 13.0. The van der Waals surface area contributed by atoms with Gasteiger partial charge in [0.05, 0.1) is 9.59 Å². The first-order valence-corrected chi connectivity index (χ1v) is 4.55. The SMILES string of the molecule is C=CC(Cl)c1ccsc1S. The van der Waals surface area contributed by atoms with E-state index >= 15 is 0 Å². The summed E-state index contributed by atoms with van der Waals surface area (Å²) in [4.78, 5) is 0. The number of hydrogen-bond acceptors (Lipinski definition) is 2. The molecule has 1 aromatic rings. The van der Waals surface area contributed by atoms with Crippen molar-refractivity contribution in [3.05, 3.63) is 29.7 Å². The second-order valence-corrected chi connectivity index (χ2v) is 3.95. The van der Waals surface area contributed by atoms with Crippen molar-refractivity contribution in [1.29, 1.82) is 0 Å². The number of alkyl halides is 1. The number of thiophene rings is 1. The Balaban J connectivity index is 2.92. The Kier molecular flexibility index (Phi) is 2.83. The molecule has 0 aliphatic heterocycles. The zero-order valence-electron chi connectivity index (χ0n) is 5.25. The fourth-order valence-corrected chi connectivity index (χ4v) is 2.04. The van der Waals surface area contributed by atoms with Crippen LogP contribution in [0.1, 0.15) is 10.9 Å². The van der Waals surface area contributed by atoms with Crippen LogP contribution in [0.25, 0.3) is 0 Å². The van der Waals surface area contributed by atoms with Gasteiger partial charge in [-0.05, 0) is 17.0 Å². The van der Waals surface area contributed by atoms with Crippen LogP contribution >= 0.6 is 35.6 Å². The lowest BCUT2D eigenvalue weighted by Gasteiger charge is -1.99. The third-order valence-corrected chi connectivity index (χ3v) is 2.90. The Labute approximate surface area is 74.9 Å². The van der Waals surface area contributed by atoms with Gasteiger partial charge in [0.2, 0.25) is 0 Å². The Morgan fingerprint density at radius 3 is 2.90 bits per heavy atom. The van der Waals surface area contributed by atoms with Gasteiger partial charge in [-0.15, -0.1) is 42.1 Å². The van der Waals surface area contributed by atoms with E-state index in [-0.39, 0.29) is 5.38 Å². The van der Waals surface area contributed by atoms with Crippen LogP contribution in [-0.2, 0) is 0 Å². The second-order valence-electron chi connectivity index (χ2n) is 1.82. The third-order valence-electron chi connectivity index (χ3n) is 1.18. The summed E-state index contributed by atoms with van der Waals surface area (Å²) < 4.78 is 0.972. The summed E-state index contributed by atoms with van der Waals surface area (Å²) in [6, 6.07) is 1.96. The molecule has 0 saturated carbocycles. The summed E-state index contributed by atoms with van der Waals surface area (Å²) in [6.45, 7) is 3.60. The Morgan fingerprint density at radius 2 is 2.50 bits per heavy atom. The predicted octanol–water partition coefficient (Wildman–Crippen LogP) is 3.50. The van der Waals surface area contributed by atoms with Gasteiger partial charge in [-0.3, -0.25) is 0 Å². The molecule has 1 unspecified atom stereocenters. The van der Waals surface area contributed by atoms with Crippen molar-refractivity contribution in [3.8, 4) is 0 Å². The molecule has 0 N–H and O–H groups in total. The number of hydrogen-bond donors (Lipinski definition) is 1. The molecular formula is C7H7ClS2. The minimum absolute atomic E-state index is 0.0984. The maximum Gasteiger partial charge on any atom is 0.0782 e. The molecule has 0 spiro atoms. The molecule has 1 aromatic heterocycles. The molecule has 0 fully saturated rings. The average molecular weight is 191 g/mol. The highest BCUT2D eigenvalue weighted by molar-refractivity contribution is 7.82. The molecule has 10 heavy (non-hydrogen) atoms. The van der Waals surface area contributed by atoms with E-state index in [0.29, 0.717) is 0 Å². The van der Waals surface area contributed by atoms with Crippen molar-refractivity contribution in [2.24, 2.45) is 0 Å². The van der Waals surface area contributed by atoms with Crippen LogP contribution in [0, 0.1) is 0 Å². The minimum Gasteiger partial charge on any atom is -0.137 e. The lowest BCUT2D eigenvalue weighted by molar-refractivity contribution is 1.19. The Hall–Kier alpha value is 0.0800. The van der Waals surface area contributed by atoms with Crippen molar-refractivity contribution < 1.29 is 0 Å². The summed E-state index contributed by atoms with van der Waals surface area (Å²) >= 11 is 11.7. The first-order chi connectivity index (χ1) is 4.75. The van der Waals surface area contributed by atoms with Crippen molar-refractivity contribution in [3.63, 3.8) is 0 Å². The van der Waals surface area contributed by atoms with E-state index in [2.05, 4.69) is 19.2 Å². The van der Waals surface area contributed by atoms with Gasteiger partial charge in [-0.25, -0.2) is 0 Å². The molecule has 1 heterocycles. The predicted molar refractivity (Wildman–Crippen MR) is 50.4 cm³/mol. The van der Waals surface area contributed by atoms with Gasteiger partial charge in [-0.2, -0.15) is 0 Å². The van der Waals surface area contributed by atoms with Crippen molar-refractivity contribution in [2.45, 2.75) is 9.59 Å². The fraction of sp³-hybridized carbons (Fsp3) is 0.143. The fourth-order valence-electron chi connectivity index (χ4n) is 0.648. The number of allylic oxidation sites excluding steroid dienone is 1. The highest BCUT2D eigenvalue weighted by Gasteiger charge is 2.06. The van der Waals surface area contributed by atoms with Gasteiger partial charge < -0.3 is 0 Å². The first kappa shape index (κ1) is 8.18. The van der Waals surface area contributed by atoms with Crippen LogP contribution in [0.4, 0.5) is 0 Å². The summed E-state index contributed by atoms with van der Waals surface area (Å²) in [5.41, 5.74) is 1.05. The largest absolute Gasteiger partial charge is 0.137 e. The summed E-state index contributed by atoms with van der Waals surface area (Å²) in [5, 5.41) is 1.87. The summed E-state index contributed by atoms with van der Waals surface area (Å²) in [7, 11) is 0. The topological polar surface area (TPSA) is 0 Å². The molecule has 0 aliphatic rings.